The summed E-state index contributed by atoms with van der Waals surface area (Å²) in [4.78, 5) is 0. The van der Waals surface area contributed by atoms with E-state index in [-0.39, 0.29) is 0 Å². The second-order valence-electron chi connectivity index (χ2n) is 2.21. The Bertz CT molecular complexity index is 214. The third-order valence-electron chi connectivity index (χ3n) is 1.42. The van der Waals surface area contributed by atoms with Crippen LogP contribution in [0, 0.1) is 6.92 Å². The van der Waals surface area contributed by atoms with Crippen molar-refractivity contribution in [2.75, 3.05) is 0 Å². The van der Waals surface area contributed by atoms with Crippen LogP contribution in [0.15, 0.2) is 6.20 Å². The molecule has 0 radical (unpaired) electrons. The maximum absolute atomic E-state index is 8.77. The Kier molecular flexibility index (Phi) is 1.78. The number of aromatic nitrogens is 2. The Hall–Kier alpha value is -0.805. The highest BCUT2D eigenvalue weighted by atomic mass is 16.4. The first kappa shape index (κ1) is 7.30. The smallest absolute Gasteiger partial charge is 0.422 e. The number of rotatable bonds is 1. The van der Waals surface area contributed by atoms with Gasteiger partial charge in [-0.2, -0.15) is 5.10 Å². The molecule has 10 heavy (non-hydrogen) atoms. The molecular weight excluding hydrogens is 131 g/mol. The van der Waals surface area contributed by atoms with Crippen LogP contribution in [-0.4, -0.2) is 26.9 Å². The maximum atomic E-state index is 8.77. The number of hydrogen-bond donors (Lipinski definition) is 2. The van der Waals surface area contributed by atoms with Crippen LogP contribution in [-0.2, 0) is 7.05 Å². The lowest BCUT2D eigenvalue weighted by molar-refractivity contribution is 0.421. The minimum atomic E-state index is -1.42. The fraction of sp³-hybridized carbons (Fsp3) is 0.400. The first-order chi connectivity index (χ1) is 4.63. The van der Waals surface area contributed by atoms with Gasteiger partial charge in [-0.3, -0.25) is 4.68 Å². The summed E-state index contributed by atoms with van der Waals surface area (Å²) >= 11 is 0. The Balaban J connectivity index is 3.10. The Morgan fingerprint density at radius 1 is 1.60 bits per heavy atom. The Labute approximate surface area is 59.2 Å². The molecule has 1 heterocycles. The van der Waals surface area contributed by atoms with Gasteiger partial charge in [0.05, 0.1) is 11.8 Å². The van der Waals surface area contributed by atoms with Gasteiger partial charge >= 0.3 is 7.12 Å². The summed E-state index contributed by atoms with van der Waals surface area (Å²) < 4.78 is 1.44. The van der Waals surface area contributed by atoms with Gasteiger partial charge in [-0.25, -0.2) is 0 Å². The molecule has 2 N–H and O–H groups in total. The molecule has 0 unspecified atom stereocenters. The van der Waals surface area contributed by atoms with Crippen molar-refractivity contribution in [2.24, 2.45) is 7.05 Å². The second-order valence-corrected chi connectivity index (χ2v) is 2.21. The van der Waals surface area contributed by atoms with Crippen molar-refractivity contribution < 1.29 is 10.0 Å². The molecule has 0 saturated carbocycles. The van der Waals surface area contributed by atoms with Gasteiger partial charge in [-0.1, -0.05) is 0 Å². The predicted octanol–water partition coefficient (Wildman–Crippen LogP) is -1.59. The monoisotopic (exact) mass is 140 g/mol. The quantitative estimate of drug-likeness (QED) is 0.462. The van der Waals surface area contributed by atoms with Crippen molar-refractivity contribution in [3.63, 3.8) is 0 Å². The molecule has 0 bridgehead atoms. The van der Waals surface area contributed by atoms with Crippen LogP contribution in [0.2, 0.25) is 0 Å². The van der Waals surface area contributed by atoms with Crippen molar-refractivity contribution in [2.45, 2.75) is 6.92 Å². The van der Waals surface area contributed by atoms with E-state index in [9.17, 15) is 0 Å². The van der Waals surface area contributed by atoms with Crippen LogP contribution in [0.1, 0.15) is 5.56 Å². The van der Waals surface area contributed by atoms with Gasteiger partial charge < -0.3 is 10.0 Å². The molecule has 0 aliphatic rings. The molecule has 0 atom stereocenters. The number of hydrogen-bond acceptors (Lipinski definition) is 3. The zero-order chi connectivity index (χ0) is 7.72. The van der Waals surface area contributed by atoms with E-state index < -0.39 is 7.12 Å². The van der Waals surface area contributed by atoms with Crippen LogP contribution < -0.4 is 5.59 Å². The average Bonchev–Trinajstić information content (AvgIpc) is 2.11. The average molecular weight is 140 g/mol. The largest absolute Gasteiger partial charge is 0.508 e. The van der Waals surface area contributed by atoms with E-state index >= 15 is 0 Å². The molecule has 0 saturated heterocycles. The van der Waals surface area contributed by atoms with Crippen LogP contribution in [0.25, 0.3) is 0 Å². The highest BCUT2D eigenvalue weighted by molar-refractivity contribution is 6.58. The third-order valence-corrected chi connectivity index (χ3v) is 1.42. The molecule has 0 aromatic carbocycles. The van der Waals surface area contributed by atoms with Gasteiger partial charge in [0.25, 0.3) is 0 Å². The van der Waals surface area contributed by atoms with Gasteiger partial charge in [-0.05, 0) is 12.5 Å². The van der Waals surface area contributed by atoms with E-state index in [1.807, 2.05) is 0 Å². The number of nitrogens with zero attached hydrogens (tertiary/aromatic N) is 2. The van der Waals surface area contributed by atoms with Gasteiger partial charge in [0.15, 0.2) is 0 Å². The van der Waals surface area contributed by atoms with Crippen LogP contribution in [0.3, 0.4) is 0 Å². The molecule has 1 aromatic rings. The summed E-state index contributed by atoms with van der Waals surface area (Å²) in [6.07, 6.45) is 1.59. The lowest BCUT2D eigenvalue weighted by Crippen LogP contribution is -2.37. The normalized spacial score (nSPS) is 10.0. The van der Waals surface area contributed by atoms with E-state index in [0.29, 0.717) is 5.59 Å². The predicted molar refractivity (Wildman–Crippen MR) is 37.8 cm³/mol. The summed E-state index contributed by atoms with van der Waals surface area (Å²) in [5, 5.41) is 21.4. The highest BCUT2D eigenvalue weighted by Crippen LogP contribution is 1.89. The molecule has 1 aromatic heterocycles. The molecule has 5 heteroatoms. The third kappa shape index (κ3) is 1.05. The minimum absolute atomic E-state index is 0.444. The fourth-order valence-corrected chi connectivity index (χ4v) is 0.928. The van der Waals surface area contributed by atoms with Crippen molar-refractivity contribution in [1.82, 2.24) is 9.78 Å². The van der Waals surface area contributed by atoms with Crippen LogP contribution >= 0.6 is 0 Å². The molecule has 0 aliphatic heterocycles. The topological polar surface area (TPSA) is 58.3 Å². The molecular formula is C5H9BN2O2. The second kappa shape index (κ2) is 2.44. The summed E-state index contributed by atoms with van der Waals surface area (Å²) in [5.41, 5.74) is 1.23. The molecule has 0 spiro atoms. The van der Waals surface area contributed by atoms with E-state index in [2.05, 4.69) is 5.10 Å². The number of aryl methyl sites for hydroxylation is 2. The van der Waals surface area contributed by atoms with Gasteiger partial charge in [0, 0.05) is 7.05 Å². The first-order valence-electron chi connectivity index (χ1n) is 2.97. The maximum Gasteiger partial charge on any atom is 0.508 e. The fourth-order valence-electron chi connectivity index (χ4n) is 0.928. The standard InChI is InChI=1S/C5H9BN2O2/c1-4-3-7-8(2)5(4)6(9)10/h3,9-10H,1-2H3. The molecule has 0 aliphatic carbocycles. The van der Waals surface area contributed by atoms with Crippen molar-refractivity contribution in [3.05, 3.63) is 11.8 Å². The lowest BCUT2D eigenvalue weighted by Gasteiger charge is -1.99. The van der Waals surface area contributed by atoms with Crippen LogP contribution in [0.4, 0.5) is 0 Å². The zero-order valence-corrected chi connectivity index (χ0v) is 5.94. The van der Waals surface area contributed by atoms with E-state index in [1.165, 1.54) is 4.68 Å². The highest BCUT2D eigenvalue weighted by Gasteiger charge is 2.17. The lowest BCUT2D eigenvalue weighted by atomic mass is 9.83. The van der Waals surface area contributed by atoms with Gasteiger partial charge in [-0.15, -0.1) is 0 Å². The van der Waals surface area contributed by atoms with Crippen molar-refractivity contribution >= 4 is 12.7 Å². The molecule has 0 amide bonds. The van der Waals surface area contributed by atoms with Gasteiger partial charge in [0.1, 0.15) is 0 Å². The van der Waals surface area contributed by atoms with Crippen LogP contribution in [0.5, 0.6) is 0 Å². The molecule has 54 valence electrons. The molecule has 0 fully saturated rings. The van der Waals surface area contributed by atoms with E-state index in [1.54, 1.807) is 20.2 Å². The molecule has 1 rings (SSSR count). The Morgan fingerprint density at radius 2 is 2.20 bits per heavy atom. The molecule has 4 nitrogen and oxygen atoms in total. The summed E-state index contributed by atoms with van der Waals surface area (Å²) in [6.45, 7) is 1.78. The van der Waals surface area contributed by atoms with Crippen molar-refractivity contribution in [3.8, 4) is 0 Å². The summed E-state index contributed by atoms with van der Waals surface area (Å²) in [7, 11) is 0.245. The zero-order valence-electron chi connectivity index (χ0n) is 5.94. The van der Waals surface area contributed by atoms with E-state index in [0.717, 1.165) is 5.56 Å². The Morgan fingerprint density at radius 3 is 2.40 bits per heavy atom. The SMILES string of the molecule is Cc1cnn(C)c1B(O)O. The van der Waals surface area contributed by atoms with Gasteiger partial charge in [0.2, 0.25) is 0 Å². The summed E-state index contributed by atoms with van der Waals surface area (Å²) in [6, 6.07) is 0. The first-order valence-corrected chi connectivity index (χ1v) is 2.97. The summed E-state index contributed by atoms with van der Waals surface area (Å²) in [5.74, 6) is 0. The minimum Gasteiger partial charge on any atom is -0.422 e. The van der Waals surface area contributed by atoms with E-state index in [4.69, 9.17) is 10.0 Å². The van der Waals surface area contributed by atoms with Crippen molar-refractivity contribution in [1.29, 1.82) is 0 Å².